The molecule has 0 aromatic rings. The van der Waals surface area contributed by atoms with Gasteiger partial charge in [0.05, 0.1) is 0 Å². The molecule has 448 valence electrons. The number of carbonyl (C=O) groups excluding carboxylic acids is 3. The van der Waals surface area contributed by atoms with E-state index in [4.69, 9.17) is 14.2 Å². The van der Waals surface area contributed by atoms with Crippen molar-refractivity contribution in [2.75, 3.05) is 13.2 Å². The zero-order valence-corrected chi connectivity index (χ0v) is 51.4. The van der Waals surface area contributed by atoms with Crippen molar-refractivity contribution in [3.05, 3.63) is 97.2 Å². The van der Waals surface area contributed by atoms with Crippen molar-refractivity contribution in [1.82, 2.24) is 0 Å². The van der Waals surface area contributed by atoms with Crippen LogP contribution < -0.4 is 0 Å². The van der Waals surface area contributed by atoms with Crippen LogP contribution in [0.4, 0.5) is 0 Å². The molecule has 1 unspecified atom stereocenters. The summed E-state index contributed by atoms with van der Waals surface area (Å²) in [6.45, 7) is 6.49. The van der Waals surface area contributed by atoms with E-state index in [-0.39, 0.29) is 31.1 Å². The van der Waals surface area contributed by atoms with E-state index in [9.17, 15) is 14.4 Å². The molecule has 0 radical (unpaired) electrons. The van der Waals surface area contributed by atoms with Crippen LogP contribution in [0.3, 0.4) is 0 Å². The molecule has 0 saturated heterocycles. The standard InChI is InChI=1S/C72H124O6/c1-4-7-10-13-16-19-22-24-26-28-30-32-34-36-38-39-41-43-45-47-50-53-56-59-62-65-71(74)77-68-69(67-76-70(73)64-61-58-55-52-49-21-18-15-12-9-6-3)78-72(75)66-63-60-57-54-51-48-46-44-42-40-37-35-33-31-29-27-25-23-20-17-14-11-8-5-2/h7,10,15-16,18-19,24,26,30,32,36,38,41,43,47,50,69H,4-6,8-9,11-14,17,20-23,25,27-29,31,33-35,37,39-40,42,44-46,48-49,51-68H2,1-3H3/b10-7-,18-15-,19-16-,26-24-,32-30-,38-36-,43-41-,50-47-. The Labute approximate surface area is 483 Å². The Morgan fingerprint density at radius 3 is 0.846 bits per heavy atom. The Hall–Kier alpha value is -3.67. The summed E-state index contributed by atoms with van der Waals surface area (Å²) >= 11 is 0. The molecule has 6 heteroatoms. The first-order chi connectivity index (χ1) is 38.5. The van der Waals surface area contributed by atoms with Gasteiger partial charge >= 0.3 is 17.9 Å². The highest BCUT2D eigenvalue weighted by Crippen LogP contribution is 2.17. The minimum absolute atomic E-state index is 0.0907. The summed E-state index contributed by atoms with van der Waals surface area (Å²) in [7, 11) is 0. The molecule has 0 aliphatic rings. The average molecular weight is 1090 g/mol. The second kappa shape index (κ2) is 65.8. The van der Waals surface area contributed by atoms with Gasteiger partial charge in [-0.05, 0) is 96.3 Å². The van der Waals surface area contributed by atoms with Crippen molar-refractivity contribution in [3.63, 3.8) is 0 Å². The fourth-order valence-electron chi connectivity index (χ4n) is 9.35. The van der Waals surface area contributed by atoms with Gasteiger partial charge in [-0.1, -0.05) is 304 Å². The fraction of sp³-hybridized carbons (Fsp3) is 0.736. The SMILES string of the molecule is CC/C=C\C/C=C\C/C=C\C/C=C\C/C=C\C/C=C\C/C=C\CCCCCC(=O)OCC(COC(=O)CCCCCCC/C=C\CCCC)OC(=O)CCCCCCCCCCCCCCCCCCCCCCCCCC. The van der Waals surface area contributed by atoms with E-state index < -0.39 is 6.10 Å². The van der Waals surface area contributed by atoms with Crippen LogP contribution in [0.15, 0.2) is 97.2 Å². The number of esters is 3. The maximum Gasteiger partial charge on any atom is 0.306 e. The largest absolute Gasteiger partial charge is 0.462 e. The summed E-state index contributed by atoms with van der Waals surface area (Å²) in [5, 5.41) is 0. The van der Waals surface area contributed by atoms with E-state index in [1.807, 2.05) is 0 Å². The molecule has 0 aliphatic carbocycles. The van der Waals surface area contributed by atoms with Crippen LogP contribution in [0.2, 0.25) is 0 Å². The van der Waals surface area contributed by atoms with Crippen LogP contribution >= 0.6 is 0 Å². The number of allylic oxidation sites excluding steroid dienone is 16. The molecule has 0 aromatic heterocycles. The highest BCUT2D eigenvalue weighted by Gasteiger charge is 2.19. The van der Waals surface area contributed by atoms with Crippen LogP contribution in [0, 0.1) is 0 Å². The summed E-state index contributed by atoms with van der Waals surface area (Å²) in [6, 6.07) is 0. The highest BCUT2D eigenvalue weighted by atomic mass is 16.6. The number of hydrogen-bond acceptors (Lipinski definition) is 6. The lowest BCUT2D eigenvalue weighted by Gasteiger charge is -2.18. The summed E-state index contributed by atoms with van der Waals surface area (Å²) < 4.78 is 16.9. The quantitative estimate of drug-likeness (QED) is 0.0261. The molecule has 0 aromatic carbocycles. The van der Waals surface area contributed by atoms with E-state index in [0.29, 0.717) is 19.3 Å². The normalized spacial score (nSPS) is 12.7. The summed E-state index contributed by atoms with van der Waals surface area (Å²) in [4.78, 5) is 38.3. The molecule has 1 atom stereocenters. The first-order valence-corrected chi connectivity index (χ1v) is 33.2. The smallest absolute Gasteiger partial charge is 0.306 e. The predicted octanol–water partition coefficient (Wildman–Crippen LogP) is 22.8. The van der Waals surface area contributed by atoms with E-state index in [0.717, 1.165) is 116 Å². The van der Waals surface area contributed by atoms with Gasteiger partial charge < -0.3 is 14.2 Å². The Morgan fingerprint density at radius 2 is 0.513 bits per heavy atom. The third kappa shape index (κ3) is 63.2. The van der Waals surface area contributed by atoms with Crippen LogP contribution in [0.1, 0.15) is 323 Å². The van der Waals surface area contributed by atoms with Crippen molar-refractivity contribution in [3.8, 4) is 0 Å². The molecular formula is C72H124O6. The number of hydrogen-bond donors (Lipinski definition) is 0. The second-order valence-electron chi connectivity index (χ2n) is 22.0. The number of ether oxygens (including phenoxy) is 3. The molecule has 0 bridgehead atoms. The molecule has 0 rings (SSSR count). The van der Waals surface area contributed by atoms with Crippen molar-refractivity contribution in [2.24, 2.45) is 0 Å². The molecular weight excluding hydrogens is 961 g/mol. The van der Waals surface area contributed by atoms with E-state index in [2.05, 4.69) is 118 Å². The van der Waals surface area contributed by atoms with E-state index in [1.54, 1.807) is 0 Å². The van der Waals surface area contributed by atoms with E-state index in [1.165, 1.54) is 167 Å². The van der Waals surface area contributed by atoms with Crippen molar-refractivity contribution in [2.45, 2.75) is 329 Å². The van der Waals surface area contributed by atoms with Crippen molar-refractivity contribution < 1.29 is 28.6 Å². The minimum atomic E-state index is -0.795. The van der Waals surface area contributed by atoms with Crippen LogP contribution in [-0.2, 0) is 28.6 Å². The van der Waals surface area contributed by atoms with Gasteiger partial charge in [-0.3, -0.25) is 14.4 Å². The third-order valence-corrected chi connectivity index (χ3v) is 14.3. The van der Waals surface area contributed by atoms with Gasteiger partial charge in [0.2, 0.25) is 0 Å². The molecule has 0 saturated carbocycles. The molecule has 78 heavy (non-hydrogen) atoms. The Bertz CT molecular complexity index is 1530. The van der Waals surface area contributed by atoms with Gasteiger partial charge in [0.25, 0.3) is 0 Å². The lowest BCUT2D eigenvalue weighted by Crippen LogP contribution is -2.30. The predicted molar refractivity (Wildman–Crippen MR) is 339 cm³/mol. The summed E-state index contributed by atoms with van der Waals surface area (Å²) in [5.74, 6) is -0.922. The number of unbranched alkanes of at least 4 members (excludes halogenated alkanes) is 33. The van der Waals surface area contributed by atoms with Gasteiger partial charge in [0, 0.05) is 19.3 Å². The lowest BCUT2D eigenvalue weighted by atomic mass is 10.0. The fourth-order valence-corrected chi connectivity index (χ4v) is 9.35. The number of carbonyl (C=O) groups is 3. The molecule has 0 N–H and O–H groups in total. The molecule has 0 heterocycles. The number of rotatable bonds is 60. The molecule has 0 aliphatic heterocycles. The van der Waals surface area contributed by atoms with Gasteiger partial charge in [-0.15, -0.1) is 0 Å². The third-order valence-electron chi connectivity index (χ3n) is 14.3. The second-order valence-corrected chi connectivity index (χ2v) is 22.0. The maximum absolute atomic E-state index is 12.9. The monoisotopic (exact) mass is 1080 g/mol. The van der Waals surface area contributed by atoms with Crippen LogP contribution in [0.25, 0.3) is 0 Å². The van der Waals surface area contributed by atoms with Gasteiger partial charge in [-0.2, -0.15) is 0 Å². The molecule has 6 nitrogen and oxygen atoms in total. The van der Waals surface area contributed by atoms with Crippen LogP contribution in [-0.4, -0.2) is 37.2 Å². The first kappa shape index (κ1) is 74.3. The summed E-state index contributed by atoms with van der Waals surface area (Å²) in [6.07, 6.45) is 88.6. The maximum atomic E-state index is 12.9. The average Bonchev–Trinajstić information content (AvgIpc) is 3.44. The van der Waals surface area contributed by atoms with Gasteiger partial charge in [0.15, 0.2) is 6.10 Å². The van der Waals surface area contributed by atoms with Crippen LogP contribution in [0.5, 0.6) is 0 Å². The Kier molecular flexibility index (Phi) is 62.7. The first-order valence-electron chi connectivity index (χ1n) is 33.2. The topological polar surface area (TPSA) is 78.9 Å². The van der Waals surface area contributed by atoms with Gasteiger partial charge in [0.1, 0.15) is 13.2 Å². The molecule has 0 amide bonds. The molecule has 0 fully saturated rings. The highest BCUT2D eigenvalue weighted by molar-refractivity contribution is 5.71. The summed E-state index contributed by atoms with van der Waals surface area (Å²) in [5.41, 5.74) is 0. The van der Waals surface area contributed by atoms with Gasteiger partial charge in [-0.25, -0.2) is 0 Å². The lowest BCUT2D eigenvalue weighted by molar-refractivity contribution is -0.167. The zero-order valence-electron chi connectivity index (χ0n) is 51.4. The zero-order chi connectivity index (χ0) is 56.4. The van der Waals surface area contributed by atoms with E-state index >= 15 is 0 Å². The molecule has 0 spiro atoms. The van der Waals surface area contributed by atoms with Crippen molar-refractivity contribution >= 4 is 17.9 Å². The minimum Gasteiger partial charge on any atom is -0.462 e. The Morgan fingerprint density at radius 1 is 0.269 bits per heavy atom. The Balaban J connectivity index is 4.32. The van der Waals surface area contributed by atoms with Crippen molar-refractivity contribution in [1.29, 1.82) is 0 Å².